The van der Waals surface area contributed by atoms with E-state index in [1.54, 1.807) is 7.11 Å². The third-order valence-corrected chi connectivity index (χ3v) is 6.63. The summed E-state index contributed by atoms with van der Waals surface area (Å²) in [5.41, 5.74) is 3.36. The fourth-order valence-electron chi connectivity index (χ4n) is 5.64. The SMILES string of the molecule is CC[C@H]1C[C@@H]2CC3c4[nH]c5ccc(OC)cc5c(=O)c4CN(C2)C31. The number of piperidine rings is 2. The molecule has 1 aliphatic carbocycles. The van der Waals surface area contributed by atoms with Crippen molar-refractivity contribution >= 4 is 10.9 Å². The number of hydrogen-bond donors (Lipinski definition) is 1. The van der Waals surface area contributed by atoms with Gasteiger partial charge in [0.05, 0.1) is 7.11 Å². The normalized spacial score (nSPS) is 33.5. The number of pyridine rings is 1. The van der Waals surface area contributed by atoms with Crippen LogP contribution in [0.25, 0.3) is 10.9 Å². The highest BCUT2D eigenvalue weighted by Crippen LogP contribution is 2.51. The molecule has 4 bridgehead atoms. The van der Waals surface area contributed by atoms with Crippen LogP contribution in [0.15, 0.2) is 23.0 Å². The zero-order chi connectivity index (χ0) is 16.4. The zero-order valence-corrected chi connectivity index (χ0v) is 14.3. The van der Waals surface area contributed by atoms with Crippen LogP contribution in [0, 0.1) is 11.8 Å². The van der Waals surface area contributed by atoms with Gasteiger partial charge >= 0.3 is 0 Å². The molecule has 3 aliphatic heterocycles. The van der Waals surface area contributed by atoms with Crippen LogP contribution in [0.1, 0.15) is 43.4 Å². The molecule has 0 amide bonds. The lowest BCUT2D eigenvalue weighted by Crippen LogP contribution is -2.59. The summed E-state index contributed by atoms with van der Waals surface area (Å²) in [4.78, 5) is 19.4. The van der Waals surface area contributed by atoms with E-state index in [2.05, 4.69) is 16.8 Å². The highest BCUT2D eigenvalue weighted by atomic mass is 16.5. The number of hydrogen-bond acceptors (Lipinski definition) is 3. The van der Waals surface area contributed by atoms with Crippen molar-refractivity contribution in [1.29, 1.82) is 0 Å². The number of ether oxygens (including phenoxy) is 1. The molecular weight excluding hydrogens is 300 g/mol. The molecule has 24 heavy (non-hydrogen) atoms. The molecule has 1 aromatic heterocycles. The van der Waals surface area contributed by atoms with Gasteiger partial charge in [0.25, 0.3) is 0 Å². The van der Waals surface area contributed by atoms with Crippen molar-refractivity contribution in [2.24, 2.45) is 11.8 Å². The van der Waals surface area contributed by atoms with Crippen molar-refractivity contribution in [2.45, 2.75) is 44.7 Å². The first-order valence-electron chi connectivity index (χ1n) is 9.16. The molecule has 1 saturated carbocycles. The Morgan fingerprint density at radius 1 is 1.33 bits per heavy atom. The molecule has 4 nitrogen and oxygen atoms in total. The highest BCUT2D eigenvalue weighted by Gasteiger charge is 2.50. The van der Waals surface area contributed by atoms with Gasteiger partial charge in [0, 0.05) is 47.2 Å². The topological polar surface area (TPSA) is 45.3 Å². The highest BCUT2D eigenvalue weighted by molar-refractivity contribution is 5.81. The summed E-state index contributed by atoms with van der Waals surface area (Å²) in [7, 11) is 1.64. The van der Waals surface area contributed by atoms with Gasteiger partial charge < -0.3 is 9.72 Å². The standard InChI is InChI=1S/C20H24N2O2/c1-3-12-6-11-7-15-18-16(10-22(9-11)19(12)15)20(23)14-8-13(24-2)4-5-17(14)21-18/h4-5,8,11-12,15,19H,3,6-7,9-10H2,1-2H3,(H,21,23)/t11-,12+,15?,19?/m1/s1. The maximum atomic E-state index is 13.1. The lowest BCUT2D eigenvalue weighted by Gasteiger charge is -2.56. The summed E-state index contributed by atoms with van der Waals surface area (Å²) in [5.74, 6) is 2.83. The molecule has 1 aromatic carbocycles. The van der Waals surface area contributed by atoms with E-state index in [9.17, 15) is 4.79 Å². The molecule has 0 radical (unpaired) electrons. The molecule has 4 aliphatic rings. The summed E-state index contributed by atoms with van der Waals surface area (Å²) in [5, 5.41) is 0.756. The predicted molar refractivity (Wildman–Crippen MR) is 94.6 cm³/mol. The lowest BCUT2D eigenvalue weighted by atomic mass is 9.63. The Morgan fingerprint density at radius 2 is 2.21 bits per heavy atom. The molecule has 6 rings (SSSR count). The van der Waals surface area contributed by atoms with Crippen molar-refractivity contribution in [1.82, 2.24) is 9.88 Å². The molecule has 0 spiro atoms. The van der Waals surface area contributed by atoms with Crippen molar-refractivity contribution in [3.8, 4) is 5.75 Å². The average Bonchev–Trinajstić information content (AvgIpc) is 2.62. The van der Waals surface area contributed by atoms with Crippen LogP contribution in [-0.2, 0) is 6.54 Å². The van der Waals surface area contributed by atoms with Crippen molar-refractivity contribution in [3.05, 3.63) is 39.7 Å². The van der Waals surface area contributed by atoms with Gasteiger partial charge in [-0.05, 0) is 42.9 Å². The predicted octanol–water partition coefficient (Wildman–Crippen LogP) is 3.25. The average molecular weight is 324 g/mol. The number of nitrogens with zero attached hydrogens (tertiary/aromatic N) is 1. The van der Waals surface area contributed by atoms with Crippen LogP contribution in [0.5, 0.6) is 5.75 Å². The van der Waals surface area contributed by atoms with Crippen LogP contribution in [0.2, 0.25) is 0 Å². The van der Waals surface area contributed by atoms with E-state index < -0.39 is 0 Å². The minimum atomic E-state index is 0.193. The second-order valence-electron chi connectivity index (χ2n) is 7.79. The Morgan fingerprint density at radius 3 is 3.00 bits per heavy atom. The number of aromatic nitrogens is 1. The molecule has 3 fully saturated rings. The van der Waals surface area contributed by atoms with E-state index in [0.29, 0.717) is 12.0 Å². The van der Waals surface area contributed by atoms with Gasteiger partial charge in [0.15, 0.2) is 5.43 Å². The van der Waals surface area contributed by atoms with Gasteiger partial charge in [0.2, 0.25) is 0 Å². The molecule has 2 aromatic rings. The Balaban J connectivity index is 1.71. The first-order valence-corrected chi connectivity index (χ1v) is 9.16. The zero-order valence-electron chi connectivity index (χ0n) is 14.3. The van der Waals surface area contributed by atoms with Gasteiger partial charge in [-0.2, -0.15) is 0 Å². The summed E-state index contributed by atoms with van der Waals surface area (Å²) < 4.78 is 5.30. The fourth-order valence-corrected chi connectivity index (χ4v) is 5.64. The number of nitrogens with one attached hydrogen (secondary N) is 1. The Hall–Kier alpha value is -1.81. The Labute approximate surface area is 141 Å². The minimum Gasteiger partial charge on any atom is -0.497 e. The second kappa shape index (κ2) is 5.09. The van der Waals surface area contributed by atoms with Crippen LogP contribution in [-0.4, -0.2) is 29.6 Å². The molecule has 3 unspecified atom stereocenters. The summed E-state index contributed by atoms with van der Waals surface area (Å²) >= 11 is 0. The third kappa shape index (κ3) is 1.86. The van der Waals surface area contributed by atoms with Crippen molar-refractivity contribution < 1.29 is 4.74 Å². The van der Waals surface area contributed by atoms with E-state index in [4.69, 9.17) is 4.74 Å². The number of H-pyrrole nitrogens is 1. The monoisotopic (exact) mass is 324 g/mol. The summed E-state index contributed by atoms with van der Waals surface area (Å²) in [6.07, 6.45) is 3.86. The van der Waals surface area contributed by atoms with Crippen LogP contribution in [0.4, 0.5) is 0 Å². The second-order valence-corrected chi connectivity index (χ2v) is 7.79. The summed E-state index contributed by atoms with van der Waals surface area (Å²) in [6.45, 7) is 4.30. The molecule has 4 heterocycles. The molecule has 5 atom stereocenters. The van der Waals surface area contributed by atoms with Crippen molar-refractivity contribution in [3.63, 3.8) is 0 Å². The third-order valence-electron chi connectivity index (χ3n) is 6.63. The summed E-state index contributed by atoms with van der Waals surface area (Å²) in [6, 6.07) is 6.41. The Kier molecular flexibility index (Phi) is 3.08. The molecule has 126 valence electrons. The molecule has 2 saturated heterocycles. The molecule has 4 heteroatoms. The first-order chi connectivity index (χ1) is 11.7. The quantitative estimate of drug-likeness (QED) is 0.922. The molecular formula is C20H24N2O2. The first kappa shape index (κ1) is 14.5. The van der Waals surface area contributed by atoms with E-state index >= 15 is 0 Å². The minimum absolute atomic E-state index is 0.193. The van der Waals surface area contributed by atoms with E-state index in [1.807, 2.05) is 18.2 Å². The van der Waals surface area contributed by atoms with Crippen LogP contribution < -0.4 is 10.2 Å². The maximum absolute atomic E-state index is 13.1. The number of methoxy groups -OCH3 is 1. The number of fused-ring (bicyclic) bond motifs is 3. The van der Waals surface area contributed by atoms with E-state index in [1.165, 1.54) is 31.5 Å². The number of rotatable bonds is 2. The lowest BCUT2D eigenvalue weighted by molar-refractivity contribution is -0.0345. The van der Waals surface area contributed by atoms with Crippen molar-refractivity contribution in [2.75, 3.05) is 13.7 Å². The van der Waals surface area contributed by atoms with Gasteiger partial charge in [0.1, 0.15) is 5.75 Å². The van der Waals surface area contributed by atoms with E-state index in [-0.39, 0.29) is 5.43 Å². The van der Waals surface area contributed by atoms with Gasteiger partial charge in [-0.25, -0.2) is 0 Å². The smallest absolute Gasteiger partial charge is 0.194 e. The molecule has 1 N–H and O–H groups in total. The van der Waals surface area contributed by atoms with Gasteiger partial charge in [-0.15, -0.1) is 0 Å². The Bertz CT molecular complexity index is 872. The fraction of sp³-hybridized carbons (Fsp3) is 0.550. The van der Waals surface area contributed by atoms with Crippen LogP contribution >= 0.6 is 0 Å². The van der Waals surface area contributed by atoms with Gasteiger partial charge in [-0.3, -0.25) is 9.69 Å². The van der Waals surface area contributed by atoms with E-state index in [0.717, 1.165) is 40.6 Å². The van der Waals surface area contributed by atoms with Gasteiger partial charge in [-0.1, -0.05) is 13.3 Å². The maximum Gasteiger partial charge on any atom is 0.194 e. The number of benzene rings is 1. The number of aromatic amines is 1. The largest absolute Gasteiger partial charge is 0.497 e. The van der Waals surface area contributed by atoms with Crippen LogP contribution in [0.3, 0.4) is 0 Å².